The first kappa shape index (κ1) is 11.4. The number of rotatable bonds is 2. The van der Waals surface area contributed by atoms with Crippen molar-refractivity contribution in [1.82, 2.24) is 4.98 Å². The molecule has 0 radical (unpaired) electrons. The summed E-state index contributed by atoms with van der Waals surface area (Å²) in [5.74, 6) is 0.227. The van der Waals surface area contributed by atoms with Gasteiger partial charge in [0.05, 0.1) is 11.8 Å². The fourth-order valence-electron chi connectivity index (χ4n) is 0.892. The summed E-state index contributed by atoms with van der Waals surface area (Å²) < 4.78 is 0. The molecule has 2 nitrogen and oxygen atoms in total. The van der Waals surface area contributed by atoms with Crippen LogP contribution in [-0.4, -0.2) is 10.1 Å². The molecule has 1 heterocycles. The second kappa shape index (κ2) is 5.12. The van der Waals surface area contributed by atoms with E-state index in [1.807, 2.05) is 32.0 Å². The Balaban J connectivity index is 0.00000121. The Labute approximate surface area is 79.1 Å². The Morgan fingerprint density at radius 2 is 2.00 bits per heavy atom. The van der Waals surface area contributed by atoms with E-state index in [0.29, 0.717) is 0 Å². The van der Waals surface area contributed by atoms with E-state index >= 15 is 0 Å². The van der Waals surface area contributed by atoms with Crippen LogP contribution in [0.4, 0.5) is 0 Å². The molecule has 1 aromatic rings. The minimum absolute atomic E-state index is 0. The van der Waals surface area contributed by atoms with Crippen LogP contribution in [0, 0.1) is 5.92 Å². The highest BCUT2D eigenvalue weighted by Crippen LogP contribution is 2.17. The first-order valence-corrected chi connectivity index (χ1v) is 3.81. The molecule has 1 aromatic heterocycles. The zero-order valence-electron chi connectivity index (χ0n) is 7.27. The summed E-state index contributed by atoms with van der Waals surface area (Å²) in [6, 6.07) is 5.56. The SMILES string of the molecule is CC(C)C(O)c1ccccn1.Cl. The quantitative estimate of drug-likeness (QED) is 0.770. The van der Waals surface area contributed by atoms with Gasteiger partial charge in [0.25, 0.3) is 0 Å². The number of halogens is 1. The van der Waals surface area contributed by atoms with E-state index in [1.54, 1.807) is 6.20 Å². The molecule has 0 amide bonds. The standard InChI is InChI=1S/C9H13NO.ClH/c1-7(2)9(11)8-5-3-4-6-10-8;/h3-7,9,11H,1-2H3;1H. The molecule has 0 aliphatic rings. The lowest BCUT2D eigenvalue weighted by Gasteiger charge is -2.12. The van der Waals surface area contributed by atoms with E-state index < -0.39 is 6.10 Å². The molecule has 0 spiro atoms. The Bertz CT molecular complexity index is 213. The van der Waals surface area contributed by atoms with E-state index in [-0.39, 0.29) is 18.3 Å². The molecule has 3 heteroatoms. The fraction of sp³-hybridized carbons (Fsp3) is 0.444. The van der Waals surface area contributed by atoms with Gasteiger partial charge in [0.1, 0.15) is 0 Å². The minimum Gasteiger partial charge on any atom is -0.387 e. The number of aliphatic hydroxyl groups excluding tert-OH is 1. The fourth-order valence-corrected chi connectivity index (χ4v) is 0.892. The summed E-state index contributed by atoms with van der Waals surface area (Å²) in [6.07, 6.45) is 1.26. The molecule has 0 aromatic carbocycles. The molecular weight excluding hydrogens is 174 g/mol. The van der Waals surface area contributed by atoms with Crippen molar-refractivity contribution in [2.24, 2.45) is 5.92 Å². The van der Waals surface area contributed by atoms with Crippen LogP contribution in [0.3, 0.4) is 0 Å². The lowest BCUT2D eigenvalue weighted by atomic mass is 10.0. The van der Waals surface area contributed by atoms with E-state index in [1.165, 1.54) is 0 Å². The van der Waals surface area contributed by atoms with Crippen LogP contribution >= 0.6 is 12.4 Å². The largest absolute Gasteiger partial charge is 0.387 e. The lowest BCUT2D eigenvalue weighted by molar-refractivity contribution is 0.122. The van der Waals surface area contributed by atoms with Crippen LogP contribution in [0.15, 0.2) is 24.4 Å². The van der Waals surface area contributed by atoms with Crippen LogP contribution < -0.4 is 0 Å². The number of nitrogens with zero attached hydrogens (tertiary/aromatic N) is 1. The number of hydrogen-bond donors (Lipinski definition) is 1. The van der Waals surface area contributed by atoms with Crippen LogP contribution in [0.2, 0.25) is 0 Å². The lowest BCUT2D eigenvalue weighted by Crippen LogP contribution is -2.06. The van der Waals surface area contributed by atoms with Crippen molar-refractivity contribution in [1.29, 1.82) is 0 Å². The minimum atomic E-state index is -0.434. The molecule has 1 atom stereocenters. The highest BCUT2D eigenvalue weighted by Gasteiger charge is 2.11. The van der Waals surface area contributed by atoms with E-state index in [9.17, 15) is 5.11 Å². The van der Waals surface area contributed by atoms with Crippen molar-refractivity contribution in [2.75, 3.05) is 0 Å². The average molecular weight is 188 g/mol. The van der Waals surface area contributed by atoms with Gasteiger partial charge in [0.2, 0.25) is 0 Å². The predicted octanol–water partition coefficient (Wildman–Crippen LogP) is 2.19. The summed E-state index contributed by atoms with van der Waals surface area (Å²) in [5, 5.41) is 9.54. The van der Waals surface area contributed by atoms with Crippen molar-refractivity contribution in [3.05, 3.63) is 30.1 Å². The summed E-state index contributed by atoms with van der Waals surface area (Å²) in [4.78, 5) is 4.05. The van der Waals surface area contributed by atoms with Crippen molar-refractivity contribution in [2.45, 2.75) is 20.0 Å². The Hall–Kier alpha value is -0.600. The van der Waals surface area contributed by atoms with Crippen LogP contribution in [0.5, 0.6) is 0 Å². The molecule has 68 valence electrons. The zero-order chi connectivity index (χ0) is 8.27. The number of aliphatic hydroxyl groups is 1. The molecule has 1 unspecified atom stereocenters. The molecule has 0 saturated heterocycles. The van der Waals surface area contributed by atoms with E-state index in [4.69, 9.17) is 0 Å². The smallest absolute Gasteiger partial charge is 0.0982 e. The van der Waals surface area contributed by atoms with Gasteiger partial charge in [0, 0.05) is 6.20 Å². The van der Waals surface area contributed by atoms with Gasteiger partial charge in [0.15, 0.2) is 0 Å². The topological polar surface area (TPSA) is 33.1 Å². The molecule has 1 N–H and O–H groups in total. The Morgan fingerprint density at radius 1 is 1.33 bits per heavy atom. The van der Waals surface area contributed by atoms with Crippen LogP contribution in [-0.2, 0) is 0 Å². The molecule has 0 aliphatic heterocycles. The molecule has 12 heavy (non-hydrogen) atoms. The summed E-state index contributed by atoms with van der Waals surface area (Å²) in [5.41, 5.74) is 0.752. The molecule has 1 rings (SSSR count). The summed E-state index contributed by atoms with van der Waals surface area (Å²) in [6.45, 7) is 3.94. The molecule has 0 aliphatic carbocycles. The maximum absolute atomic E-state index is 9.54. The van der Waals surface area contributed by atoms with Gasteiger partial charge in [-0.25, -0.2) is 0 Å². The third-order valence-electron chi connectivity index (χ3n) is 1.62. The number of pyridine rings is 1. The average Bonchev–Trinajstić information content (AvgIpc) is 2.05. The molecule has 0 saturated carbocycles. The second-order valence-corrected chi connectivity index (χ2v) is 2.94. The summed E-state index contributed by atoms with van der Waals surface area (Å²) in [7, 11) is 0. The van der Waals surface area contributed by atoms with Gasteiger partial charge < -0.3 is 5.11 Å². The first-order valence-electron chi connectivity index (χ1n) is 3.81. The first-order chi connectivity index (χ1) is 5.22. The highest BCUT2D eigenvalue weighted by molar-refractivity contribution is 5.85. The third kappa shape index (κ3) is 2.80. The zero-order valence-corrected chi connectivity index (χ0v) is 8.08. The Kier molecular flexibility index (Phi) is 4.86. The van der Waals surface area contributed by atoms with Crippen molar-refractivity contribution in [3.8, 4) is 0 Å². The van der Waals surface area contributed by atoms with Gasteiger partial charge in [-0.1, -0.05) is 19.9 Å². The van der Waals surface area contributed by atoms with Crippen molar-refractivity contribution < 1.29 is 5.11 Å². The van der Waals surface area contributed by atoms with Crippen LogP contribution in [0.25, 0.3) is 0 Å². The van der Waals surface area contributed by atoms with Crippen LogP contribution in [0.1, 0.15) is 25.6 Å². The third-order valence-corrected chi connectivity index (χ3v) is 1.62. The second-order valence-electron chi connectivity index (χ2n) is 2.94. The number of aromatic nitrogens is 1. The monoisotopic (exact) mass is 187 g/mol. The van der Waals surface area contributed by atoms with Gasteiger partial charge in [-0.05, 0) is 18.1 Å². The molecular formula is C9H14ClNO. The van der Waals surface area contributed by atoms with Gasteiger partial charge >= 0.3 is 0 Å². The maximum Gasteiger partial charge on any atom is 0.0982 e. The van der Waals surface area contributed by atoms with E-state index in [2.05, 4.69) is 4.98 Å². The predicted molar refractivity (Wildman–Crippen MR) is 51.3 cm³/mol. The molecule has 0 bridgehead atoms. The summed E-state index contributed by atoms with van der Waals surface area (Å²) >= 11 is 0. The Morgan fingerprint density at radius 3 is 2.42 bits per heavy atom. The van der Waals surface area contributed by atoms with Crippen molar-refractivity contribution >= 4 is 12.4 Å². The van der Waals surface area contributed by atoms with Gasteiger partial charge in [-0.15, -0.1) is 12.4 Å². The highest BCUT2D eigenvalue weighted by atomic mass is 35.5. The normalized spacial score (nSPS) is 12.3. The van der Waals surface area contributed by atoms with Crippen molar-refractivity contribution in [3.63, 3.8) is 0 Å². The van der Waals surface area contributed by atoms with Gasteiger partial charge in [-0.2, -0.15) is 0 Å². The number of hydrogen-bond acceptors (Lipinski definition) is 2. The maximum atomic E-state index is 9.54. The van der Waals surface area contributed by atoms with E-state index in [0.717, 1.165) is 5.69 Å². The molecule has 0 fully saturated rings. The van der Waals surface area contributed by atoms with Gasteiger partial charge in [-0.3, -0.25) is 4.98 Å².